The summed E-state index contributed by atoms with van der Waals surface area (Å²) in [5.74, 6) is -0.0472. The van der Waals surface area contributed by atoms with Gasteiger partial charge in [-0.25, -0.2) is 0 Å². The summed E-state index contributed by atoms with van der Waals surface area (Å²) in [6, 6.07) is 5.56. The number of benzene rings is 1. The number of rotatable bonds is 5. The van der Waals surface area contributed by atoms with Gasteiger partial charge in [-0.05, 0) is 40.5 Å². The number of amides is 1. The van der Waals surface area contributed by atoms with Gasteiger partial charge in [-0.1, -0.05) is 29.3 Å². The highest BCUT2D eigenvalue weighted by atomic mass is 79.9. The van der Waals surface area contributed by atoms with E-state index in [1.165, 1.54) is 0 Å². The Morgan fingerprint density at radius 1 is 1.47 bits per heavy atom. The third-order valence-corrected chi connectivity index (χ3v) is 3.46. The molecule has 1 rings (SSSR count). The van der Waals surface area contributed by atoms with E-state index in [2.05, 4.69) is 44.1 Å². The monoisotopic (exact) mass is 362 g/mol. The predicted octanol–water partition coefficient (Wildman–Crippen LogP) is 3.67. The fraction of sp³-hybridized carbons (Fsp3) is 0.417. The molecule has 0 aromatic heterocycles. The third kappa shape index (κ3) is 5.19. The molecule has 5 heteroatoms. The highest BCUT2D eigenvalue weighted by molar-refractivity contribution is 9.11. The van der Waals surface area contributed by atoms with Crippen LogP contribution in [0.1, 0.15) is 26.2 Å². The third-order valence-electron chi connectivity index (χ3n) is 2.31. The summed E-state index contributed by atoms with van der Waals surface area (Å²) in [7, 11) is 0. The molecular formula is C12H16Br2N2O. The summed E-state index contributed by atoms with van der Waals surface area (Å²) in [4.78, 5) is 11.7. The summed E-state index contributed by atoms with van der Waals surface area (Å²) in [6.07, 6.45) is 2.22. The maximum atomic E-state index is 11.7. The van der Waals surface area contributed by atoms with Crippen molar-refractivity contribution in [2.24, 2.45) is 5.73 Å². The maximum absolute atomic E-state index is 11.7. The van der Waals surface area contributed by atoms with Crippen molar-refractivity contribution in [2.45, 2.75) is 32.2 Å². The molecule has 1 atom stereocenters. The lowest BCUT2D eigenvalue weighted by Crippen LogP contribution is -2.26. The summed E-state index contributed by atoms with van der Waals surface area (Å²) < 4.78 is 1.81. The van der Waals surface area contributed by atoms with E-state index in [0.717, 1.165) is 27.5 Å². The average Bonchev–Trinajstić information content (AvgIpc) is 2.22. The number of carbonyl (C=O) groups is 1. The number of nitrogens with two attached hydrogens (primary N) is 1. The second-order valence-corrected chi connectivity index (χ2v) is 5.70. The van der Waals surface area contributed by atoms with Crippen LogP contribution in [0.2, 0.25) is 0 Å². The van der Waals surface area contributed by atoms with E-state index in [1.54, 1.807) is 0 Å². The first-order valence-corrected chi connectivity index (χ1v) is 7.12. The van der Waals surface area contributed by atoms with Gasteiger partial charge in [0.05, 0.1) is 5.69 Å². The second-order valence-electron chi connectivity index (χ2n) is 3.93. The Balaban J connectivity index is 2.56. The lowest BCUT2D eigenvalue weighted by Gasteiger charge is -2.11. The van der Waals surface area contributed by atoms with Crippen LogP contribution < -0.4 is 11.1 Å². The first-order chi connectivity index (χ1) is 8.02. The zero-order chi connectivity index (χ0) is 12.8. The van der Waals surface area contributed by atoms with E-state index in [-0.39, 0.29) is 11.9 Å². The van der Waals surface area contributed by atoms with Crippen LogP contribution in [0.25, 0.3) is 0 Å². The van der Waals surface area contributed by atoms with Crippen molar-refractivity contribution in [1.82, 2.24) is 0 Å². The van der Waals surface area contributed by atoms with Crippen LogP contribution in [0.4, 0.5) is 5.69 Å². The molecule has 3 N–H and O–H groups in total. The standard InChI is InChI=1S/C12H16Br2N2O/c1-2-3-9(15)7-12(17)16-11-5-4-8(13)6-10(11)14/h4-6,9H,2-3,7,15H2,1H3,(H,16,17). The number of hydrogen-bond donors (Lipinski definition) is 2. The Bertz CT molecular complexity index is 396. The van der Waals surface area contributed by atoms with Crippen LogP contribution in [0.3, 0.4) is 0 Å². The topological polar surface area (TPSA) is 55.1 Å². The van der Waals surface area contributed by atoms with E-state index in [0.29, 0.717) is 6.42 Å². The first kappa shape index (κ1) is 14.7. The van der Waals surface area contributed by atoms with Crippen LogP contribution in [-0.2, 0) is 4.79 Å². The number of hydrogen-bond acceptors (Lipinski definition) is 2. The van der Waals surface area contributed by atoms with Gasteiger partial charge < -0.3 is 11.1 Å². The first-order valence-electron chi connectivity index (χ1n) is 5.53. The summed E-state index contributed by atoms with van der Waals surface area (Å²) in [6.45, 7) is 2.06. The van der Waals surface area contributed by atoms with Gasteiger partial charge in [0.2, 0.25) is 5.91 Å². The van der Waals surface area contributed by atoms with Crippen LogP contribution in [0.5, 0.6) is 0 Å². The van der Waals surface area contributed by atoms with Gasteiger partial charge in [0, 0.05) is 21.4 Å². The molecule has 0 saturated heterocycles. The number of carbonyl (C=O) groups excluding carboxylic acids is 1. The molecule has 0 aliphatic rings. The zero-order valence-corrected chi connectivity index (χ0v) is 12.8. The molecule has 1 unspecified atom stereocenters. The Hall–Kier alpha value is -0.390. The van der Waals surface area contributed by atoms with Crippen molar-refractivity contribution in [3.63, 3.8) is 0 Å². The van der Waals surface area contributed by atoms with Crippen LogP contribution in [0.15, 0.2) is 27.1 Å². The number of nitrogens with one attached hydrogen (secondary N) is 1. The van der Waals surface area contributed by atoms with Crippen molar-refractivity contribution < 1.29 is 4.79 Å². The minimum atomic E-state index is -0.0609. The summed E-state index contributed by atoms with van der Waals surface area (Å²) in [5, 5.41) is 2.84. The normalized spacial score (nSPS) is 12.2. The molecule has 3 nitrogen and oxygen atoms in total. The molecule has 1 aromatic rings. The van der Waals surface area contributed by atoms with Crippen LogP contribution in [0, 0.1) is 0 Å². The minimum absolute atomic E-state index is 0.0472. The molecule has 1 amide bonds. The van der Waals surface area contributed by atoms with E-state index >= 15 is 0 Å². The van der Waals surface area contributed by atoms with Crippen molar-refractivity contribution in [3.8, 4) is 0 Å². The number of halogens is 2. The quantitative estimate of drug-likeness (QED) is 0.838. The number of anilines is 1. The SMILES string of the molecule is CCCC(N)CC(=O)Nc1ccc(Br)cc1Br. The van der Waals surface area contributed by atoms with Crippen molar-refractivity contribution >= 4 is 43.5 Å². The van der Waals surface area contributed by atoms with Gasteiger partial charge in [0.15, 0.2) is 0 Å². The molecule has 0 aliphatic heterocycles. The molecule has 17 heavy (non-hydrogen) atoms. The molecule has 0 radical (unpaired) electrons. The predicted molar refractivity (Wildman–Crippen MR) is 78.0 cm³/mol. The minimum Gasteiger partial charge on any atom is -0.327 e. The fourth-order valence-corrected chi connectivity index (χ4v) is 2.65. The molecule has 0 saturated carbocycles. The smallest absolute Gasteiger partial charge is 0.225 e. The summed E-state index contributed by atoms with van der Waals surface area (Å²) in [5.41, 5.74) is 6.59. The molecule has 0 heterocycles. The average molecular weight is 364 g/mol. The lowest BCUT2D eigenvalue weighted by molar-refractivity contribution is -0.116. The highest BCUT2D eigenvalue weighted by Crippen LogP contribution is 2.26. The summed E-state index contributed by atoms with van der Waals surface area (Å²) >= 11 is 6.76. The lowest BCUT2D eigenvalue weighted by atomic mass is 10.1. The van der Waals surface area contributed by atoms with Gasteiger partial charge in [-0.3, -0.25) is 4.79 Å². The Morgan fingerprint density at radius 2 is 2.18 bits per heavy atom. The molecule has 0 aliphatic carbocycles. The Morgan fingerprint density at radius 3 is 2.76 bits per heavy atom. The van der Waals surface area contributed by atoms with Crippen LogP contribution >= 0.6 is 31.9 Å². The fourth-order valence-electron chi connectivity index (χ4n) is 1.50. The van der Waals surface area contributed by atoms with Gasteiger partial charge in [0.1, 0.15) is 0 Å². The van der Waals surface area contributed by atoms with E-state index in [1.807, 2.05) is 18.2 Å². The Labute approximate surface area is 118 Å². The van der Waals surface area contributed by atoms with Gasteiger partial charge in [-0.15, -0.1) is 0 Å². The highest BCUT2D eigenvalue weighted by Gasteiger charge is 2.10. The zero-order valence-electron chi connectivity index (χ0n) is 9.67. The second kappa shape index (κ2) is 7.13. The van der Waals surface area contributed by atoms with Crippen LogP contribution in [-0.4, -0.2) is 11.9 Å². The maximum Gasteiger partial charge on any atom is 0.225 e. The van der Waals surface area contributed by atoms with Crippen molar-refractivity contribution in [2.75, 3.05) is 5.32 Å². The van der Waals surface area contributed by atoms with E-state index in [9.17, 15) is 4.79 Å². The molecular weight excluding hydrogens is 348 g/mol. The molecule has 94 valence electrons. The van der Waals surface area contributed by atoms with Crippen molar-refractivity contribution in [3.05, 3.63) is 27.1 Å². The van der Waals surface area contributed by atoms with E-state index < -0.39 is 0 Å². The van der Waals surface area contributed by atoms with Gasteiger partial charge in [0.25, 0.3) is 0 Å². The van der Waals surface area contributed by atoms with Crippen molar-refractivity contribution in [1.29, 1.82) is 0 Å². The van der Waals surface area contributed by atoms with Gasteiger partial charge >= 0.3 is 0 Å². The largest absolute Gasteiger partial charge is 0.327 e. The Kier molecular flexibility index (Phi) is 6.16. The molecule has 1 aromatic carbocycles. The van der Waals surface area contributed by atoms with Gasteiger partial charge in [-0.2, -0.15) is 0 Å². The van der Waals surface area contributed by atoms with E-state index in [4.69, 9.17) is 5.73 Å². The molecule has 0 spiro atoms. The molecule has 0 fully saturated rings. The molecule has 0 bridgehead atoms.